The summed E-state index contributed by atoms with van der Waals surface area (Å²) in [6.45, 7) is 6.39. The molecule has 2 amide bonds. The van der Waals surface area contributed by atoms with Gasteiger partial charge in [0, 0.05) is 48.1 Å². The Kier molecular flexibility index (Phi) is 9.27. The van der Waals surface area contributed by atoms with Crippen molar-refractivity contribution in [2.45, 2.75) is 20.0 Å². The molecule has 0 aliphatic carbocycles. The average Bonchev–Trinajstić information content (AvgIpc) is 2.93. The van der Waals surface area contributed by atoms with Crippen molar-refractivity contribution in [3.05, 3.63) is 82.9 Å². The highest BCUT2D eigenvalue weighted by molar-refractivity contribution is 7.80. The molecule has 2 N–H and O–H groups in total. The smallest absolute Gasteiger partial charge is 0.257 e. The van der Waals surface area contributed by atoms with Crippen LogP contribution >= 0.6 is 23.8 Å². The molecule has 3 aromatic rings. The molecule has 4 rings (SSSR count). The molecule has 8 nitrogen and oxygen atoms in total. The fourth-order valence-electron chi connectivity index (χ4n) is 4.26. The van der Waals surface area contributed by atoms with Gasteiger partial charge in [0.05, 0.1) is 18.8 Å². The van der Waals surface area contributed by atoms with Gasteiger partial charge in [0.2, 0.25) is 0 Å². The molecule has 3 aromatic carbocycles. The van der Waals surface area contributed by atoms with Crippen LogP contribution in [-0.2, 0) is 0 Å². The molecule has 204 valence electrons. The Hall–Kier alpha value is -3.82. The minimum absolute atomic E-state index is 0.0124. The molecule has 0 saturated carbocycles. The van der Waals surface area contributed by atoms with Crippen LogP contribution in [0.2, 0.25) is 5.02 Å². The Balaban J connectivity index is 1.29. The zero-order valence-corrected chi connectivity index (χ0v) is 23.6. The normalized spacial score (nSPS) is 13.2. The molecule has 0 aromatic heterocycles. The number of benzene rings is 3. The highest BCUT2D eigenvalue weighted by Crippen LogP contribution is 2.26. The van der Waals surface area contributed by atoms with E-state index in [9.17, 15) is 9.59 Å². The third-order valence-corrected chi connectivity index (χ3v) is 6.58. The number of carbonyl (C=O) groups is 2. The van der Waals surface area contributed by atoms with Gasteiger partial charge in [-0.2, -0.15) is 0 Å². The number of methoxy groups -OCH3 is 1. The molecule has 1 aliphatic rings. The molecule has 0 radical (unpaired) electrons. The van der Waals surface area contributed by atoms with Gasteiger partial charge in [-0.15, -0.1) is 0 Å². The number of hydrogen-bond acceptors (Lipinski definition) is 6. The third kappa shape index (κ3) is 7.40. The maximum Gasteiger partial charge on any atom is 0.257 e. The van der Waals surface area contributed by atoms with E-state index in [0.717, 1.165) is 11.4 Å². The van der Waals surface area contributed by atoms with Crippen molar-refractivity contribution in [2.24, 2.45) is 0 Å². The maximum atomic E-state index is 13.1. The predicted molar refractivity (Wildman–Crippen MR) is 158 cm³/mol. The van der Waals surface area contributed by atoms with E-state index in [4.69, 9.17) is 33.3 Å². The molecule has 1 aliphatic heterocycles. The molecule has 1 fully saturated rings. The summed E-state index contributed by atoms with van der Waals surface area (Å²) in [7, 11) is 1.54. The first-order chi connectivity index (χ1) is 18.7. The summed E-state index contributed by atoms with van der Waals surface area (Å²) in [5, 5.41) is 6.45. The van der Waals surface area contributed by atoms with Crippen LogP contribution < -0.4 is 25.0 Å². The van der Waals surface area contributed by atoms with Crippen molar-refractivity contribution < 1.29 is 19.1 Å². The Morgan fingerprint density at radius 1 is 0.974 bits per heavy atom. The summed E-state index contributed by atoms with van der Waals surface area (Å²) in [5.41, 5.74) is 2.71. The first kappa shape index (κ1) is 28.2. The lowest BCUT2D eigenvalue weighted by molar-refractivity contribution is 0.0743. The maximum absolute atomic E-state index is 13.1. The lowest BCUT2D eigenvalue weighted by Crippen LogP contribution is -2.48. The van der Waals surface area contributed by atoms with Crippen molar-refractivity contribution in [3.63, 3.8) is 0 Å². The molecule has 0 atom stereocenters. The van der Waals surface area contributed by atoms with Crippen LogP contribution in [0.4, 0.5) is 11.4 Å². The van der Waals surface area contributed by atoms with Gasteiger partial charge in [-0.3, -0.25) is 14.9 Å². The summed E-state index contributed by atoms with van der Waals surface area (Å²) in [4.78, 5) is 29.7. The van der Waals surface area contributed by atoms with Crippen LogP contribution in [0, 0.1) is 0 Å². The number of amides is 2. The summed E-state index contributed by atoms with van der Waals surface area (Å²) in [6, 6.07) is 19.8. The molecular weight excluding hydrogens is 536 g/mol. The fourth-order valence-corrected chi connectivity index (χ4v) is 4.64. The van der Waals surface area contributed by atoms with Crippen molar-refractivity contribution >= 4 is 52.1 Å². The van der Waals surface area contributed by atoms with Crippen LogP contribution in [0.15, 0.2) is 66.7 Å². The first-order valence-electron chi connectivity index (χ1n) is 12.6. The van der Waals surface area contributed by atoms with Crippen molar-refractivity contribution in [3.8, 4) is 11.5 Å². The van der Waals surface area contributed by atoms with Gasteiger partial charge in [0.25, 0.3) is 11.8 Å². The largest absolute Gasteiger partial charge is 0.496 e. The molecular formula is C29H31ClN4O4S. The van der Waals surface area contributed by atoms with E-state index >= 15 is 0 Å². The topological polar surface area (TPSA) is 83.1 Å². The van der Waals surface area contributed by atoms with Gasteiger partial charge in [0.1, 0.15) is 11.5 Å². The number of rotatable bonds is 7. The number of hydrogen-bond donors (Lipinski definition) is 2. The highest BCUT2D eigenvalue weighted by Gasteiger charge is 2.25. The van der Waals surface area contributed by atoms with Crippen LogP contribution in [0.5, 0.6) is 11.5 Å². The van der Waals surface area contributed by atoms with E-state index in [-0.39, 0.29) is 23.0 Å². The van der Waals surface area contributed by atoms with E-state index in [2.05, 4.69) is 15.5 Å². The fraction of sp³-hybridized carbons (Fsp3) is 0.276. The summed E-state index contributed by atoms with van der Waals surface area (Å²) >= 11 is 11.4. The third-order valence-electron chi connectivity index (χ3n) is 6.14. The number of anilines is 2. The standard InChI is InChI=1S/C29H31ClN4O4S/c1-19(2)38-24-6-4-5-20(17-24)27(35)32-29(39)31-22-8-10-23(11-9-22)33-13-15-34(16-14-33)28(36)25-18-21(30)7-12-26(25)37-3/h4-12,17-19H,13-16H2,1-3H3,(H2,31,32,35,39). The van der Waals surface area contributed by atoms with Gasteiger partial charge in [-0.05, 0) is 86.7 Å². The van der Waals surface area contributed by atoms with Gasteiger partial charge in [-0.25, -0.2) is 0 Å². The van der Waals surface area contributed by atoms with E-state index in [1.807, 2.05) is 49.1 Å². The van der Waals surface area contributed by atoms with Crippen LogP contribution in [0.1, 0.15) is 34.6 Å². The predicted octanol–water partition coefficient (Wildman–Crippen LogP) is 5.23. The molecule has 39 heavy (non-hydrogen) atoms. The number of ether oxygens (including phenoxy) is 2. The SMILES string of the molecule is COc1ccc(Cl)cc1C(=O)N1CCN(c2ccc(NC(=S)NC(=O)c3cccc(OC(C)C)c3)cc2)CC1. The highest BCUT2D eigenvalue weighted by atomic mass is 35.5. The van der Waals surface area contributed by atoms with Gasteiger partial charge >= 0.3 is 0 Å². The summed E-state index contributed by atoms with van der Waals surface area (Å²) < 4.78 is 11.0. The van der Waals surface area contributed by atoms with Crippen LogP contribution in [0.25, 0.3) is 0 Å². The number of thiocarbonyl (C=S) groups is 1. The Morgan fingerprint density at radius 3 is 2.36 bits per heavy atom. The number of halogens is 1. The van der Waals surface area contributed by atoms with Crippen molar-refractivity contribution in [2.75, 3.05) is 43.5 Å². The van der Waals surface area contributed by atoms with E-state index < -0.39 is 0 Å². The molecule has 0 unspecified atom stereocenters. The monoisotopic (exact) mass is 566 g/mol. The summed E-state index contributed by atoms with van der Waals surface area (Å²) in [6.07, 6.45) is 0.0124. The van der Waals surface area contributed by atoms with Crippen LogP contribution in [0.3, 0.4) is 0 Å². The Morgan fingerprint density at radius 2 is 1.69 bits per heavy atom. The summed E-state index contributed by atoms with van der Waals surface area (Å²) in [5.74, 6) is 0.726. The van der Waals surface area contributed by atoms with Gasteiger partial charge in [-0.1, -0.05) is 17.7 Å². The zero-order valence-electron chi connectivity index (χ0n) is 22.1. The quantitative estimate of drug-likeness (QED) is 0.379. The molecule has 1 saturated heterocycles. The second-order valence-corrected chi connectivity index (χ2v) is 10.1. The molecule has 10 heteroatoms. The number of nitrogens with one attached hydrogen (secondary N) is 2. The molecule has 1 heterocycles. The van der Waals surface area contributed by atoms with E-state index in [1.54, 1.807) is 43.5 Å². The second kappa shape index (κ2) is 12.8. The Labute approximate surface area is 238 Å². The van der Waals surface area contributed by atoms with Gasteiger partial charge < -0.3 is 24.6 Å². The van der Waals surface area contributed by atoms with Crippen molar-refractivity contribution in [1.29, 1.82) is 0 Å². The minimum Gasteiger partial charge on any atom is -0.496 e. The zero-order chi connectivity index (χ0) is 27.9. The lowest BCUT2D eigenvalue weighted by atomic mass is 10.1. The van der Waals surface area contributed by atoms with Crippen LogP contribution in [-0.4, -0.2) is 61.2 Å². The lowest BCUT2D eigenvalue weighted by Gasteiger charge is -2.36. The van der Waals surface area contributed by atoms with Gasteiger partial charge in [0.15, 0.2) is 5.11 Å². The van der Waals surface area contributed by atoms with Crippen molar-refractivity contribution in [1.82, 2.24) is 10.2 Å². The number of carbonyl (C=O) groups excluding carboxylic acids is 2. The number of nitrogens with zero attached hydrogens (tertiary/aromatic N) is 2. The minimum atomic E-state index is -0.318. The molecule has 0 spiro atoms. The van der Waals surface area contributed by atoms with E-state index in [0.29, 0.717) is 53.8 Å². The first-order valence-corrected chi connectivity index (χ1v) is 13.4. The average molecular weight is 567 g/mol. The Bertz CT molecular complexity index is 1340. The van der Waals surface area contributed by atoms with E-state index in [1.165, 1.54) is 0 Å². The number of piperazine rings is 1. The molecule has 0 bridgehead atoms. The second-order valence-electron chi connectivity index (χ2n) is 9.27.